The number of sulfonamides is 1. The first-order chi connectivity index (χ1) is 8.45. The number of halogens is 1. The summed E-state index contributed by atoms with van der Waals surface area (Å²) in [6.07, 6.45) is 2.99. The van der Waals surface area contributed by atoms with Crippen molar-refractivity contribution in [3.8, 4) is 0 Å². The summed E-state index contributed by atoms with van der Waals surface area (Å²) in [6.45, 7) is 5.35. The van der Waals surface area contributed by atoms with Gasteiger partial charge in [-0.25, -0.2) is 12.7 Å². The number of hydrogen-bond donors (Lipinski definition) is 0. The van der Waals surface area contributed by atoms with Crippen LogP contribution in [0.15, 0.2) is 0 Å². The molecule has 0 amide bonds. The van der Waals surface area contributed by atoms with Crippen molar-refractivity contribution >= 4 is 21.6 Å². The maximum Gasteiger partial charge on any atom is 0.216 e. The van der Waals surface area contributed by atoms with Gasteiger partial charge in [-0.15, -0.1) is 11.6 Å². The summed E-state index contributed by atoms with van der Waals surface area (Å²) in [5.74, 6) is 1.10. The first kappa shape index (κ1) is 16.2. The SMILES string of the molecule is CC(C)OCCS(=O)(=O)N1CCCC(CCCl)C1. The zero-order valence-corrected chi connectivity index (χ0v) is 12.8. The largest absolute Gasteiger partial charge is 0.378 e. The van der Waals surface area contributed by atoms with Crippen LogP contribution in [0.1, 0.15) is 33.1 Å². The van der Waals surface area contributed by atoms with Crippen molar-refractivity contribution in [2.45, 2.75) is 39.2 Å². The molecular formula is C12H24ClNO3S. The molecule has 0 bridgehead atoms. The zero-order chi connectivity index (χ0) is 13.6. The van der Waals surface area contributed by atoms with Crippen LogP contribution in [-0.4, -0.2) is 50.2 Å². The van der Waals surface area contributed by atoms with Crippen LogP contribution in [0.2, 0.25) is 0 Å². The van der Waals surface area contributed by atoms with Gasteiger partial charge in [-0.05, 0) is 39.0 Å². The van der Waals surface area contributed by atoms with E-state index in [0.717, 1.165) is 19.3 Å². The van der Waals surface area contributed by atoms with Crippen molar-refractivity contribution in [3.05, 3.63) is 0 Å². The molecule has 1 saturated heterocycles. The molecule has 0 aliphatic carbocycles. The van der Waals surface area contributed by atoms with Crippen molar-refractivity contribution in [2.24, 2.45) is 5.92 Å². The number of piperidine rings is 1. The molecule has 6 heteroatoms. The van der Waals surface area contributed by atoms with E-state index in [1.807, 2.05) is 13.8 Å². The van der Waals surface area contributed by atoms with Gasteiger partial charge in [0.2, 0.25) is 10.0 Å². The van der Waals surface area contributed by atoms with Gasteiger partial charge in [0.1, 0.15) is 0 Å². The Morgan fingerprint density at radius 2 is 2.17 bits per heavy atom. The average molecular weight is 298 g/mol. The molecule has 4 nitrogen and oxygen atoms in total. The van der Waals surface area contributed by atoms with Crippen LogP contribution in [0.3, 0.4) is 0 Å². The van der Waals surface area contributed by atoms with Gasteiger partial charge in [-0.3, -0.25) is 0 Å². The Morgan fingerprint density at radius 3 is 2.78 bits per heavy atom. The van der Waals surface area contributed by atoms with E-state index in [4.69, 9.17) is 16.3 Å². The second-order valence-electron chi connectivity index (χ2n) is 5.08. The van der Waals surface area contributed by atoms with Crippen molar-refractivity contribution in [1.29, 1.82) is 0 Å². The molecule has 1 rings (SSSR count). The topological polar surface area (TPSA) is 46.6 Å². The number of nitrogens with zero attached hydrogens (tertiary/aromatic N) is 1. The van der Waals surface area contributed by atoms with Crippen LogP contribution >= 0.6 is 11.6 Å². The summed E-state index contributed by atoms with van der Waals surface area (Å²) < 4.78 is 31.2. The highest BCUT2D eigenvalue weighted by atomic mass is 35.5. The lowest BCUT2D eigenvalue weighted by Crippen LogP contribution is -2.42. The van der Waals surface area contributed by atoms with Gasteiger partial charge in [-0.2, -0.15) is 0 Å². The normalized spacial score (nSPS) is 22.6. The van der Waals surface area contributed by atoms with Crippen molar-refractivity contribution in [2.75, 3.05) is 31.3 Å². The van der Waals surface area contributed by atoms with Crippen LogP contribution in [-0.2, 0) is 14.8 Å². The van der Waals surface area contributed by atoms with Crippen LogP contribution in [0.5, 0.6) is 0 Å². The zero-order valence-electron chi connectivity index (χ0n) is 11.3. The molecule has 1 aliphatic heterocycles. The maximum atomic E-state index is 12.1. The summed E-state index contributed by atoms with van der Waals surface area (Å²) in [4.78, 5) is 0. The van der Waals surface area contributed by atoms with Crippen LogP contribution in [0.25, 0.3) is 0 Å². The van der Waals surface area contributed by atoms with Gasteiger partial charge < -0.3 is 4.74 Å². The first-order valence-electron chi connectivity index (χ1n) is 6.61. The second kappa shape index (κ2) is 7.68. The minimum absolute atomic E-state index is 0.0746. The molecule has 1 atom stereocenters. The van der Waals surface area contributed by atoms with Gasteiger partial charge in [0, 0.05) is 19.0 Å². The molecule has 1 aliphatic rings. The standard InChI is InChI=1S/C12H24ClNO3S/c1-11(2)17-8-9-18(15,16)14-7-3-4-12(10-14)5-6-13/h11-12H,3-10H2,1-2H3. The number of rotatable bonds is 7. The first-order valence-corrected chi connectivity index (χ1v) is 8.75. The molecule has 0 N–H and O–H groups in total. The fraction of sp³-hybridized carbons (Fsp3) is 1.00. The molecule has 0 spiro atoms. The van der Waals surface area contributed by atoms with Gasteiger partial charge in [0.15, 0.2) is 0 Å². The third kappa shape index (κ3) is 5.43. The Hall–Kier alpha value is 0.160. The Bertz CT molecular complexity index is 330. The molecule has 0 saturated carbocycles. The molecule has 0 aromatic heterocycles. The fourth-order valence-electron chi connectivity index (χ4n) is 2.19. The molecule has 1 unspecified atom stereocenters. The molecule has 0 aromatic rings. The smallest absolute Gasteiger partial charge is 0.216 e. The molecule has 1 fully saturated rings. The van der Waals surface area contributed by atoms with Crippen LogP contribution in [0.4, 0.5) is 0 Å². The number of ether oxygens (including phenoxy) is 1. The molecule has 0 radical (unpaired) electrons. The minimum atomic E-state index is -3.16. The minimum Gasteiger partial charge on any atom is -0.378 e. The van der Waals surface area contributed by atoms with Crippen molar-refractivity contribution < 1.29 is 13.2 Å². The Labute approximate surface area is 116 Å². The molecular weight excluding hydrogens is 274 g/mol. The predicted molar refractivity (Wildman–Crippen MR) is 74.5 cm³/mol. The van der Waals surface area contributed by atoms with E-state index in [-0.39, 0.29) is 18.5 Å². The summed E-state index contributed by atoms with van der Waals surface area (Å²) in [5, 5.41) is 0. The molecule has 18 heavy (non-hydrogen) atoms. The van der Waals surface area contributed by atoms with Gasteiger partial charge in [0.05, 0.1) is 18.5 Å². The lowest BCUT2D eigenvalue weighted by Gasteiger charge is -2.31. The third-order valence-electron chi connectivity index (χ3n) is 3.18. The maximum absolute atomic E-state index is 12.1. The van der Waals surface area contributed by atoms with Gasteiger partial charge >= 0.3 is 0 Å². The van der Waals surface area contributed by atoms with E-state index in [1.54, 1.807) is 4.31 Å². The average Bonchev–Trinajstić information content (AvgIpc) is 2.29. The summed E-state index contributed by atoms with van der Waals surface area (Å²) in [7, 11) is -3.16. The summed E-state index contributed by atoms with van der Waals surface area (Å²) in [6, 6.07) is 0. The molecule has 1 heterocycles. The highest BCUT2D eigenvalue weighted by molar-refractivity contribution is 7.89. The van der Waals surface area contributed by atoms with E-state index in [2.05, 4.69) is 0 Å². The molecule has 0 aromatic carbocycles. The second-order valence-corrected chi connectivity index (χ2v) is 7.55. The highest BCUT2D eigenvalue weighted by Crippen LogP contribution is 2.22. The monoisotopic (exact) mass is 297 g/mol. The number of alkyl halides is 1. The van der Waals surface area contributed by atoms with E-state index in [0.29, 0.717) is 24.9 Å². The lowest BCUT2D eigenvalue weighted by atomic mass is 9.97. The third-order valence-corrected chi connectivity index (χ3v) is 5.20. The Balaban J connectivity index is 2.45. The summed E-state index contributed by atoms with van der Waals surface area (Å²) in [5.41, 5.74) is 0. The van der Waals surface area contributed by atoms with Gasteiger partial charge in [-0.1, -0.05) is 0 Å². The quantitative estimate of drug-likeness (QED) is 0.676. The lowest BCUT2D eigenvalue weighted by molar-refractivity contribution is 0.0904. The van der Waals surface area contributed by atoms with Crippen LogP contribution in [0, 0.1) is 5.92 Å². The van der Waals surface area contributed by atoms with E-state index < -0.39 is 10.0 Å². The van der Waals surface area contributed by atoms with E-state index in [9.17, 15) is 8.42 Å². The fourth-order valence-corrected chi connectivity index (χ4v) is 3.91. The summed E-state index contributed by atoms with van der Waals surface area (Å²) >= 11 is 5.73. The van der Waals surface area contributed by atoms with E-state index in [1.165, 1.54) is 0 Å². The highest BCUT2D eigenvalue weighted by Gasteiger charge is 2.28. The Kier molecular flexibility index (Phi) is 6.92. The number of hydrogen-bond acceptors (Lipinski definition) is 3. The van der Waals surface area contributed by atoms with Crippen LogP contribution < -0.4 is 0 Å². The molecule has 108 valence electrons. The Morgan fingerprint density at radius 1 is 1.44 bits per heavy atom. The van der Waals surface area contributed by atoms with Crippen molar-refractivity contribution in [1.82, 2.24) is 4.31 Å². The van der Waals surface area contributed by atoms with Gasteiger partial charge in [0.25, 0.3) is 0 Å². The van der Waals surface area contributed by atoms with Crippen molar-refractivity contribution in [3.63, 3.8) is 0 Å². The predicted octanol–water partition coefficient (Wildman–Crippen LogP) is 2.08. The van der Waals surface area contributed by atoms with E-state index >= 15 is 0 Å².